The molecule has 22 heavy (non-hydrogen) atoms. The summed E-state index contributed by atoms with van der Waals surface area (Å²) in [6.07, 6.45) is 0.943. The summed E-state index contributed by atoms with van der Waals surface area (Å²) < 4.78 is 9.53. The van der Waals surface area contributed by atoms with Gasteiger partial charge in [0.15, 0.2) is 0 Å². The Bertz CT molecular complexity index is 508. The summed E-state index contributed by atoms with van der Waals surface area (Å²) in [5.74, 6) is 0.155. The first-order valence-corrected chi connectivity index (χ1v) is 8.27. The van der Waals surface area contributed by atoms with Crippen molar-refractivity contribution in [2.75, 3.05) is 20.0 Å². The molecule has 3 unspecified atom stereocenters. The summed E-state index contributed by atoms with van der Waals surface area (Å²) in [7, 11) is 2.78. The maximum absolute atomic E-state index is 11.8. The third kappa shape index (κ3) is 4.24. The highest BCUT2D eigenvalue weighted by Gasteiger charge is 2.35. The molecule has 1 N–H and O–H groups in total. The fraction of sp³-hybridized carbons (Fsp3) is 0.500. The smallest absolute Gasteiger partial charge is 0.323 e. The first kappa shape index (κ1) is 16.8. The van der Waals surface area contributed by atoms with Gasteiger partial charge >= 0.3 is 11.9 Å². The molecule has 120 valence electrons. The van der Waals surface area contributed by atoms with Crippen LogP contribution in [-0.4, -0.2) is 44.0 Å². The van der Waals surface area contributed by atoms with Gasteiger partial charge in [0, 0.05) is 23.5 Å². The van der Waals surface area contributed by atoms with Crippen molar-refractivity contribution in [3.8, 4) is 0 Å². The van der Waals surface area contributed by atoms with Gasteiger partial charge in [0.2, 0.25) is 0 Å². The predicted octanol–water partition coefficient (Wildman–Crippen LogP) is 1.93. The molecular formula is C16H21NO4S. The Kier molecular flexibility index (Phi) is 6.27. The highest BCUT2D eigenvalue weighted by atomic mass is 32.2. The van der Waals surface area contributed by atoms with E-state index in [0.29, 0.717) is 18.6 Å². The minimum atomic E-state index is -0.336. The lowest BCUT2D eigenvalue weighted by Gasteiger charge is -2.36. The minimum absolute atomic E-state index is 0.0179. The van der Waals surface area contributed by atoms with Gasteiger partial charge in [-0.05, 0) is 12.0 Å². The van der Waals surface area contributed by atoms with Gasteiger partial charge in [0.05, 0.1) is 14.2 Å². The summed E-state index contributed by atoms with van der Waals surface area (Å²) >= 11 is 1.72. The molecule has 6 heteroatoms. The molecule has 2 rings (SSSR count). The van der Waals surface area contributed by atoms with Crippen molar-refractivity contribution in [3.05, 3.63) is 35.9 Å². The van der Waals surface area contributed by atoms with Gasteiger partial charge in [-0.3, -0.25) is 14.9 Å². The van der Waals surface area contributed by atoms with Crippen LogP contribution in [-0.2, 0) is 19.1 Å². The van der Waals surface area contributed by atoms with Crippen LogP contribution in [0.2, 0.25) is 0 Å². The molecule has 0 amide bonds. The van der Waals surface area contributed by atoms with Gasteiger partial charge in [0.25, 0.3) is 0 Å². The third-order valence-corrected chi connectivity index (χ3v) is 5.21. The predicted molar refractivity (Wildman–Crippen MR) is 85.6 cm³/mol. The molecule has 0 radical (unpaired) electrons. The highest BCUT2D eigenvalue weighted by molar-refractivity contribution is 7.99. The number of hydrogen-bond acceptors (Lipinski definition) is 6. The quantitative estimate of drug-likeness (QED) is 0.835. The van der Waals surface area contributed by atoms with Crippen LogP contribution in [0.1, 0.15) is 23.7 Å². The fourth-order valence-corrected chi connectivity index (χ4v) is 4.00. The van der Waals surface area contributed by atoms with Crippen LogP contribution < -0.4 is 5.32 Å². The van der Waals surface area contributed by atoms with Crippen LogP contribution in [0.25, 0.3) is 0 Å². The van der Waals surface area contributed by atoms with Gasteiger partial charge in [-0.15, -0.1) is 11.8 Å². The number of carbonyl (C=O) groups excluding carboxylic acids is 2. The number of nitrogens with one attached hydrogen (secondary N) is 1. The summed E-state index contributed by atoms with van der Waals surface area (Å²) in [6.45, 7) is 0. The molecule has 0 bridgehead atoms. The molecule has 0 aliphatic carbocycles. The Morgan fingerprint density at radius 2 is 1.95 bits per heavy atom. The van der Waals surface area contributed by atoms with E-state index >= 15 is 0 Å². The number of methoxy groups -OCH3 is 2. The molecule has 1 aliphatic rings. The van der Waals surface area contributed by atoms with Crippen molar-refractivity contribution in [2.45, 2.75) is 30.2 Å². The van der Waals surface area contributed by atoms with Crippen molar-refractivity contribution < 1.29 is 19.1 Å². The zero-order chi connectivity index (χ0) is 15.9. The van der Waals surface area contributed by atoms with E-state index in [0.717, 1.165) is 0 Å². The SMILES string of the molecule is COC(=O)CCC1NC(C(=O)OC)CSC1c1ccccc1. The number of rotatable bonds is 5. The van der Waals surface area contributed by atoms with Crippen LogP contribution >= 0.6 is 11.8 Å². The second-order valence-corrected chi connectivity index (χ2v) is 6.30. The number of carbonyl (C=O) groups is 2. The maximum atomic E-state index is 11.8. The van der Waals surface area contributed by atoms with Crippen molar-refractivity contribution in [1.82, 2.24) is 5.32 Å². The van der Waals surface area contributed by atoms with Gasteiger partial charge < -0.3 is 9.47 Å². The van der Waals surface area contributed by atoms with Crippen molar-refractivity contribution in [1.29, 1.82) is 0 Å². The lowest BCUT2D eigenvalue weighted by molar-refractivity contribution is -0.142. The second-order valence-electron chi connectivity index (χ2n) is 5.13. The largest absolute Gasteiger partial charge is 0.469 e. The Hall–Kier alpha value is -1.53. The fourth-order valence-electron chi connectivity index (χ4n) is 2.57. The second kappa shape index (κ2) is 8.19. The zero-order valence-electron chi connectivity index (χ0n) is 12.8. The first-order chi connectivity index (χ1) is 10.7. The first-order valence-electron chi connectivity index (χ1n) is 7.23. The van der Waals surface area contributed by atoms with E-state index in [2.05, 4.69) is 17.4 Å². The number of ether oxygens (including phenoxy) is 2. The summed E-state index contributed by atoms with van der Waals surface area (Å²) in [5, 5.41) is 3.53. The van der Waals surface area contributed by atoms with Crippen LogP contribution in [0.15, 0.2) is 30.3 Å². The van der Waals surface area contributed by atoms with E-state index in [1.54, 1.807) is 11.8 Å². The van der Waals surface area contributed by atoms with E-state index < -0.39 is 0 Å². The zero-order valence-corrected chi connectivity index (χ0v) is 13.6. The lowest BCUT2D eigenvalue weighted by atomic mass is 9.99. The summed E-state index contributed by atoms with van der Waals surface area (Å²) in [6, 6.07) is 9.80. The molecule has 1 saturated heterocycles. The van der Waals surface area contributed by atoms with Crippen LogP contribution in [0, 0.1) is 0 Å². The Morgan fingerprint density at radius 1 is 1.23 bits per heavy atom. The molecule has 0 saturated carbocycles. The summed E-state index contributed by atoms with van der Waals surface area (Å²) in [5.41, 5.74) is 1.19. The standard InChI is InChI=1S/C16H21NO4S/c1-20-14(18)9-8-12-15(11-6-4-3-5-7-11)22-10-13(17-12)16(19)21-2/h3-7,12-13,15,17H,8-10H2,1-2H3. The van der Waals surface area contributed by atoms with E-state index in [4.69, 9.17) is 9.47 Å². The highest BCUT2D eigenvalue weighted by Crippen LogP contribution is 2.37. The monoisotopic (exact) mass is 323 g/mol. The van der Waals surface area contributed by atoms with Gasteiger partial charge in [-0.25, -0.2) is 0 Å². The Labute approximate surface area is 134 Å². The lowest BCUT2D eigenvalue weighted by Crippen LogP contribution is -2.51. The number of thioether (sulfide) groups is 1. The van der Waals surface area contributed by atoms with E-state index in [1.807, 2.05) is 18.2 Å². The molecule has 1 aromatic carbocycles. The maximum Gasteiger partial charge on any atom is 0.323 e. The number of esters is 2. The van der Waals surface area contributed by atoms with Gasteiger partial charge in [-0.1, -0.05) is 30.3 Å². The number of benzene rings is 1. The minimum Gasteiger partial charge on any atom is -0.469 e. The Morgan fingerprint density at radius 3 is 2.59 bits per heavy atom. The normalized spacial score (nSPS) is 24.5. The van der Waals surface area contributed by atoms with Crippen molar-refractivity contribution in [3.63, 3.8) is 0 Å². The molecule has 1 aromatic rings. The molecule has 1 heterocycles. The molecular weight excluding hydrogens is 302 g/mol. The molecule has 0 aromatic heterocycles. The average molecular weight is 323 g/mol. The van der Waals surface area contributed by atoms with Crippen LogP contribution in [0.5, 0.6) is 0 Å². The molecule has 1 fully saturated rings. The third-order valence-electron chi connectivity index (χ3n) is 3.72. The summed E-state index contributed by atoms with van der Waals surface area (Å²) in [4.78, 5) is 23.2. The average Bonchev–Trinajstić information content (AvgIpc) is 2.59. The Balaban J connectivity index is 2.10. The van der Waals surface area contributed by atoms with E-state index in [9.17, 15) is 9.59 Å². The molecule has 5 nitrogen and oxygen atoms in total. The van der Waals surface area contributed by atoms with Crippen molar-refractivity contribution >= 4 is 23.7 Å². The van der Waals surface area contributed by atoms with Gasteiger partial charge in [0.1, 0.15) is 6.04 Å². The molecule has 3 atom stereocenters. The molecule has 0 spiro atoms. The van der Waals surface area contributed by atoms with Crippen molar-refractivity contribution in [2.24, 2.45) is 0 Å². The van der Waals surface area contributed by atoms with E-state index in [-0.39, 0.29) is 29.3 Å². The van der Waals surface area contributed by atoms with E-state index in [1.165, 1.54) is 19.8 Å². The molecule has 1 aliphatic heterocycles. The topological polar surface area (TPSA) is 64.6 Å². The number of hydrogen-bond donors (Lipinski definition) is 1. The van der Waals surface area contributed by atoms with Crippen LogP contribution in [0.4, 0.5) is 0 Å². The van der Waals surface area contributed by atoms with Crippen LogP contribution in [0.3, 0.4) is 0 Å². The van der Waals surface area contributed by atoms with Gasteiger partial charge in [-0.2, -0.15) is 0 Å².